The minimum atomic E-state index is -0.547. The smallest absolute Gasteiger partial charge is 0.297 e. The molecule has 0 aliphatic carbocycles. The van der Waals surface area contributed by atoms with E-state index in [0.29, 0.717) is 17.6 Å². The van der Waals surface area contributed by atoms with Gasteiger partial charge in [0, 0.05) is 6.42 Å². The largest absolute Gasteiger partial charge is 0.329 e. The van der Waals surface area contributed by atoms with E-state index in [4.69, 9.17) is 11.6 Å². The van der Waals surface area contributed by atoms with Crippen LogP contribution in [0.5, 0.6) is 0 Å². The summed E-state index contributed by atoms with van der Waals surface area (Å²) in [7, 11) is 0. The van der Waals surface area contributed by atoms with Crippen molar-refractivity contribution in [1.82, 2.24) is 9.55 Å². The quantitative estimate of drug-likeness (QED) is 0.646. The summed E-state index contributed by atoms with van der Waals surface area (Å²) >= 11 is 6.10. The highest BCUT2D eigenvalue weighted by atomic mass is 35.5. The topological polar surface area (TPSA) is 54.9 Å². The van der Waals surface area contributed by atoms with Crippen molar-refractivity contribution in [1.29, 1.82) is 0 Å². The van der Waals surface area contributed by atoms with Gasteiger partial charge in [-0.3, -0.25) is 14.3 Å². The predicted octanol–water partition coefficient (Wildman–Crippen LogP) is 3.39. The van der Waals surface area contributed by atoms with Crippen LogP contribution < -0.4 is 11.2 Å². The fourth-order valence-electron chi connectivity index (χ4n) is 2.31. The lowest BCUT2D eigenvalue weighted by atomic mass is 10.1. The Hall–Kier alpha value is -2.59. The second kappa shape index (κ2) is 7.79. The molecule has 124 valence electrons. The lowest BCUT2D eigenvalue weighted by Gasteiger charge is -2.10. The molecule has 0 unspecified atom stereocenters. The zero-order chi connectivity index (χ0) is 17.7. The standard InChI is InChI=1S/C19H19ClN2O2/c1-4-6-14(5-2)12-22-18(23)16(17(20)21-19(22)24)11-15-9-7-13(3)8-10-15/h4-10H,1-2,11-12H2,3H3,(H,21,24)/b14-6+. The molecule has 0 bridgehead atoms. The number of hydrogen-bond acceptors (Lipinski definition) is 2. The molecule has 0 saturated carbocycles. The fourth-order valence-corrected chi connectivity index (χ4v) is 2.54. The molecule has 1 aromatic heterocycles. The first-order valence-corrected chi connectivity index (χ1v) is 7.85. The molecule has 0 aliphatic heterocycles. The van der Waals surface area contributed by atoms with E-state index < -0.39 is 11.2 Å². The van der Waals surface area contributed by atoms with Gasteiger partial charge in [-0.15, -0.1) is 0 Å². The Balaban J connectivity index is 2.48. The third kappa shape index (κ3) is 4.03. The van der Waals surface area contributed by atoms with E-state index in [9.17, 15) is 9.59 Å². The summed E-state index contributed by atoms with van der Waals surface area (Å²) in [6, 6.07) is 7.81. The summed E-state index contributed by atoms with van der Waals surface area (Å²) in [6.45, 7) is 9.40. The molecule has 0 aliphatic rings. The second-order valence-electron chi connectivity index (χ2n) is 5.46. The Kier molecular flexibility index (Phi) is 5.77. The van der Waals surface area contributed by atoms with Gasteiger partial charge in [-0.25, -0.2) is 4.79 Å². The van der Waals surface area contributed by atoms with E-state index in [0.717, 1.165) is 15.7 Å². The predicted molar refractivity (Wildman–Crippen MR) is 98.8 cm³/mol. The summed E-state index contributed by atoms with van der Waals surface area (Å²) in [4.78, 5) is 27.3. The maximum Gasteiger partial charge on any atom is 0.329 e. The molecule has 1 N–H and O–H groups in total. The average molecular weight is 343 g/mol. The number of hydrogen-bond donors (Lipinski definition) is 1. The molecule has 4 nitrogen and oxygen atoms in total. The minimum absolute atomic E-state index is 0.0784. The first-order valence-electron chi connectivity index (χ1n) is 7.47. The zero-order valence-corrected chi connectivity index (χ0v) is 14.3. The summed E-state index contributed by atoms with van der Waals surface area (Å²) < 4.78 is 1.12. The number of allylic oxidation sites excluding steroid dienone is 4. The number of benzene rings is 1. The van der Waals surface area contributed by atoms with Crippen LogP contribution in [0.15, 0.2) is 70.8 Å². The van der Waals surface area contributed by atoms with E-state index in [1.807, 2.05) is 31.2 Å². The highest BCUT2D eigenvalue weighted by Crippen LogP contribution is 2.13. The Labute approximate surface area is 145 Å². The lowest BCUT2D eigenvalue weighted by molar-refractivity contribution is 0.687. The van der Waals surface area contributed by atoms with Crippen LogP contribution in [-0.4, -0.2) is 9.55 Å². The van der Waals surface area contributed by atoms with Crippen molar-refractivity contribution in [3.63, 3.8) is 0 Å². The Morgan fingerprint density at radius 1 is 1.25 bits per heavy atom. The molecular weight excluding hydrogens is 324 g/mol. The van der Waals surface area contributed by atoms with Crippen LogP contribution >= 0.6 is 11.6 Å². The van der Waals surface area contributed by atoms with Crippen molar-refractivity contribution < 1.29 is 0 Å². The number of aryl methyl sites for hydroxylation is 1. The number of nitrogens with one attached hydrogen (secondary N) is 1. The molecule has 2 rings (SSSR count). The van der Waals surface area contributed by atoms with Gasteiger partial charge in [0.05, 0.1) is 12.1 Å². The average Bonchev–Trinajstić information content (AvgIpc) is 2.56. The Morgan fingerprint density at radius 2 is 1.92 bits per heavy atom. The lowest BCUT2D eigenvalue weighted by Crippen LogP contribution is -2.37. The van der Waals surface area contributed by atoms with E-state index in [2.05, 4.69) is 18.1 Å². The normalized spacial score (nSPS) is 11.3. The van der Waals surface area contributed by atoms with Crippen molar-refractivity contribution in [3.05, 3.63) is 104 Å². The molecule has 0 saturated heterocycles. The number of H-pyrrole nitrogens is 1. The molecule has 0 fully saturated rings. The van der Waals surface area contributed by atoms with Gasteiger partial charge in [0.2, 0.25) is 0 Å². The maximum atomic E-state index is 12.7. The van der Waals surface area contributed by atoms with Crippen LogP contribution in [0.25, 0.3) is 0 Å². The fraction of sp³-hybridized carbons (Fsp3) is 0.158. The Morgan fingerprint density at radius 3 is 2.50 bits per heavy atom. The van der Waals surface area contributed by atoms with Crippen molar-refractivity contribution >= 4 is 11.6 Å². The molecular formula is C19H19ClN2O2. The number of rotatable bonds is 6. The molecule has 1 aromatic carbocycles. The summed E-state index contributed by atoms with van der Waals surface area (Å²) in [5.41, 5.74) is 2.21. The zero-order valence-electron chi connectivity index (χ0n) is 13.5. The number of halogens is 1. The molecule has 2 aromatic rings. The van der Waals surface area contributed by atoms with Gasteiger partial charge in [-0.1, -0.05) is 72.8 Å². The van der Waals surface area contributed by atoms with E-state index >= 15 is 0 Å². The van der Waals surface area contributed by atoms with Gasteiger partial charge in [0.15, 0.2) is 0 Å². The van der Waals surface area contributed by atoms with Crippen LogP contribution in [0, 0.1) is 6.92 Å². The van der Waals surface area contributed by atoms with Crippen LogP contribution in [0.4, 0.5) is 0 Å². The highest BCUT2D eigenvalue weighted by Gasteiger charge is 2.13. The summed E-state index contributed by atoms with van der Waals surface area (Å²) in [6.07, 6.45) is 5.22. The SMILES string of the molecule is C=C/C=C(\C=C)Cn1c(=O)[nH]c(Cl)c(Cc2ccc(C)cc2)c1=O. The summed E-state index contributed by atoms with van der Waals surface area (Å²) in [5, 5.41) is 0.0784. The maximum absolute atomic E-state index is 12.7. The number of nitrogens with zero attached hydrogens (tertiary/aromatic N) is 1. The minimum Gasteiger partial charge on any atom is -0.297 e. The van der Waals surface area contributed by atoms with Gasteiger partial charge in [0.1, 0.15) is 5.15 Å². The van der Waals surface area contributed by atoms with Crippen LogP contribution in [0.3, 0.4) is 0 Å². The van der Waals surface area contributed by atoms with Gasteiger partial charge in [0.25, 0.3) is 5.56 Å². The monoisotopic (exact) mass is 342 g/mol. The number of aromatic nitrogens is 2. The van der Waals surface area contributed by atoms with E-state index in [1.54, 1.807) is 18.2 Å². The first kappa shape index (κ1) is 17.8. The molecule has 0 radical (unpaired) electrons. The molecule has 0 spiro atoms. The molecule has 0 amide bonds. The molecule has 1 heterocycles. The van der Waals surface area contributed by atoms with Gasteiger partial charge in [-0.2, -0.15) is 0 Å². The van der Waals surface area contributed by atoms with Crippen molar-refractivity contribution in [2.45, 2.75) is 19.9 Å². The van der Waals surface area contributed by atoms with Crippen molar-refractivity contribution in [2.75, 3.05) is 0 Å². The van der Waals surface area contributed by atoms with Crippen molar-refractivity contribution in [3.8, 4) is 0 Å². The van der Waals surface area contributed by atoms with Crippen molar-refractivity contribution in [2.24, 2.45) is 0 Å². The molecule has 24 heavy (non-hydrogen) atoms. The van der Waals surface area contributed by atoms with Gasteiger partial charge < -0.3 is 0 Å². The molecule has 0 atom stereocenters. The highest BCUT2D eigenvalue weighted by molar-refractivity contribution is 6.30. The van der Waals surface area contributed by atoms with Crippen LogP contribution in [0.2, 0.25) is 5.15 Å². The van der Waals surface area contributed by atoms with Crippen LogP contribution in [-0.2, 0) is 13.0 Å². The van der Waals surface area contributed by atoms with E-state index in [1.165, 1.54) is 0 Å². The second-order valence-corrected chi connectivity index (χ2v) is 5.84. The third-order valence-electron chi connectivity index (χ3n) is 3.67. The third-order valence-corrected chi connectivity index (χ3v) is 3.99. The molecule has 5 heteroatoms. The van der Waals surface area contributed by atoms with Crippen LogP contribution in [0.1, 0.15) is 16.7 Å². The summed E-state index contributed by atoms with van der Waals surface area (Å²) in [5.74, 6) is 0. The first-order chi connectivity index (χ1) is 11.5. The van der Waals surface area contributed by atoms with E-state index in [-0.39, 0.29) is 11.7 Å². The Bertz CT molecular complexity index is 902. The van der Waals surface area contributed by atoms with Gasteiger partial charge >= 0.3 is 5.69 Å². The number of aromatic amines is 1. The van der Waals surface area contributed by atoms with Gasteiger partial charge in [-0.05, 0) is 18.1 Å².